The minimum Gasteiger partial charge on any atom is -0.386 e. The number of anilines is 2. The van der Waals surface area contributed by atoms with Gasteiger partial charge in [0.05, 0.1) is 11.3 Å². The molecule has 0 bridgehead atoms. The highest BCUT2D eigenvalue weighted by molar-refractivity contribution is 5.73. The normalized spacial score (nSPS) is 19.8. The highest BCUT2D eigenvalue weighted by Gasteiger charge is 2.53. The summed E-state index contributed by atoms with van der Waals surface area (Å²) in [7, 11) is 2.06. The Morgan fingerprint density at radius 1 is 1.00 bits per heavy atom. The van der Waals surface area contributed by atoms with Crippen molar-refractivity contribution in [2.45, 2.75) is 56.1 Å². The van der Waals surface area contributed by atoms with E-state index in [0.717, 1.165) is 29.3 Å². The summed E-state index contributed by atoms with van der Waals surface area (Å²) in [6.07, 6.45) is 10.3. The van der Waals surface area contributed by atoms with Crippen molar-refractivity contribution < 1.29 is 5.11 Å². The van der Waals surface area contributed by atoms with Crippen LogP contribution in [0, 0.1) is 0 Å². The lowest BCUT2D eigenvalue weighted by atomic mass is 9.95. The van der Waals surface area contributed by atoms with E-state index in [1.165, 1.54) is 42.5 Å². The van der Waals surface area contributed by atoms with E-state index in [2.05, 4.69) is 40.4 Å². The molecule has 0 amide bonds. The third-order valence-electron chi connectivity index (χ3n) is 7.60. The summed E-state index contributed by atoms with van der Waals surface area (Å²) in [5.41, 5.74) is 6.01. The molecule has 2 fully saturated rings. The highest BCUT2D eigenvalue weighted by atomic mass is 16.3. The minimum absolute atomic E-state index is 0.141. The fourth-order valence-electron chi connectivity index (χ4n) is 5.10. The van der Waals surface area contributed by atoms with E-state index in [9.17, 15) is 5.11 Å². The molecule has 3 aromatic rings. The zero-order valence-electron chi connectivity index (χ0n) is 18.9. The SMILES string of the molecule is CNC1(c2ccc3c(c2)N(c2ncc(-c4cc(C(C)(C)O)ccn4)cn2)CC32CC2)CC1. The van der Waals surface area contributed by atoms with Crippen LogP contribution in [-0.4, -0.2) is 33.7 Å². The molecule has 0 radical (unpaired) electrons. The molecule has 1 spiro atoms. The second kappa shape index (κ2) is 6.59. The molecule has 2 saturated carbocycles. The third kappa shape index (κ3) is 3.05. The van der Waals surface area contributed by atoms with Gasteiger partial charge in [-0.3, -0.25) is 4.98 Å². The number of aromatic nitrogens is 3. The maximum Gasteiger partial charge on any atom is 0.229 e. The van der Waals surface area contributed by atoms with Crippen LogP contribution >= 0.6 is 0 Å². The zero-order chi connectivity index (χ0) is 22.1. The monoisotopic (exact) mass is 427 g/mol. The smallest absolute Gasteiger partial charge is 0.229 e. The molecule has 0 saturated heterocycles. The van der Waals surface area contributed by atoms with Gasteiger partial charge in [0.15, 0.2) is 0 Å². The van der Waals surface area contributed by atoms with Gasteiger partial charge in [-0.05, 0) is 81.5 Å². The second-order valence-electron chi connectivity index (χ2n) is 10.2. The Balaban J connectivity index is 1.34. The lowest BCUT2D eigenvalue weighted by Gasteiger charge is -2.21. The summed E-state index contributed by atoms with van der Waals surface area (Å²) in [5.74, 6) is 0.740. The molecule has 2 aliphatic carbocycles. The molecule has 6 rings (SSSR count). The summed E-state index contributed by atoms with van der Waals surface area (Å²) < 4.78 is 0. The molecule has 1 aromatic carbocycles. The number of nitrogens with one attached hydrogen (secondary N) is 1. The molecule has 0 unspecified atom stereocenters. The summed E-state index contributed by atoms with van der Waals surface area (Å²) in [6, 6.07) is 10.8. The Hall–Kier alpha value is -2.83. The van der Waals surface area contributed by atoms with Crippen molar-refractivity contribution in [3.63, 3.8) is 0 Å². The largest absolute Gasteiger partial charge is 0.386 e. The van der Waals surface area contributed by atoms with E-state index in [1.54, 1.807) is 20.0 Å². The zero-order valence-corrected chi connectivity index (χ0v) is 18.9. The van der Waals surface area contributed by atoms with E-state index in [4.69, 9.17) is 9.97 Å². The number of hydrogen-bond donors (Lipinski definition) is 2. The number of nitrogens with zero attached hydrogens (tertiary/aromatic N) is 4. The van der Waals surface area contributed by atoms with Gasteiger partial charge in [0.2, 0.25) is 5.95 Å². The van der Waals surface area contributed by atoms with Gasteiger partial charge < -0.3 is 15.3 Å². The molecular formula is C26H29N5O. The summed E-state index contributed by atoms with van der Waals surface area (Å²) in [4.78, 5) is 16.2. The fourth-order valence-corrected chi connectivity index (χ4v) is 5.10. The molecule has 32 heavy (non-hydrogen) atoms. The van der Waals surface area contributed by atoms with Crippen molar-refractivity contribution in [1.29, 1.82) is 0 Å². The number of pyridine rings is 1. The molecule has 3 heterocycles. The minimum atomic E-state index is -0.916. The molecule has 3 aliphatic rings. The van der Waals surface area contributed by atoms with Crippen LogP contribution in [0.15, 0.2) is 48.9 Å². The number of aliphatic hydroxyl groups is 1. The van der Waals surface area contributed by atoms with Crippen molar-refractivity contribution in [1.82, 2.24) is 20.3 Å². The van der Waals surface area contributed by atoms with Gasteiger partial charge in [-0.2, -0.15) is 0 Å². The van der Waals surface area contributed by atoms with Crippen LogP contribution in [0.2, 0.25) is 0 Å². The quantitative estimate of drug-likeness (QED) is 0.637. The van der Waals surface area contributed by atoms with Crippen LogP contribution in [-0.2, 0) is 16.6 Å². The summed E-state index contributed by atoms with van der Waals surface area (Å²) >= 11 is 0. The van der Waals surface area contributed by atoms with Crippen LogP contribution in [0.4, 0.5) is 11.6 Å². The van der Waals surface area contributed by atoms with Crippen molar-refractivity contribution in [3.8, 4) is 11.3 Å². The van der Waals surface area contributed by atoms with Crippen LogP contribution in [0.5, 0.6) is 0 Å². The Kier molecular flexibility index (Phi) is 4.08. The maximum atomic E-state index is 10.3. The molecule has 0 atom stereocenters. The first-order chi connectivity index (χ1) is 15.3. The van der Waals surface area contributed by atoms with Crippen molar-refractivity contribution in [3.05, 3.63) is 65.6 Å². The van der Waals surface area contributed by atoms with Crippen LogP contribution in [0.25, 0.3) is 11.3 Å². The number of fused-ring (bicyclic) bond motifs is 2. The van der Waals surface area contributed by atoms with Crippen molar-refractivity contribution in [2.24, 2.45) is 0 Å². The van der Waals surface area contributed by atoms with Gasteiger partial charge in [0.25, 0.3) is 0 Å². The number of hydrogen-bond acceptors (Lipinski definition) is 6. The Morgan fingerprint density at radius 3 is 2.38 bits per heavy atom. The predicted molar refractivity (Wildman–Crippen MR) is 125 cm³/mol. The standard InChI is InChI=1S/C26H29N5O/c1-24(2,32)18-6-11-28-21(12-18)17-14-29-23(30-15-17)31-16-25(7-8-25)20-5-4-19(13-22(20)31)26(27-3)9-10-26/h4-6,11-15,27,32H,7-10,16H2,1-3H3. The van der Waals surface area contributed by atoms with Gasteiger partial charge in [-0.15, -0.1) is 0 Å². The lowest BCUT2D eigenvalue weighted by Crippen LogP contribution is -2.25. The van der Waals surface area contributed by atoms with Gasteiger partial charge in [0.1, 0.15) is 0 Å². The van der Waals surface area contributed by atoms with Gasteiger partial charge in [-0.1, -0.05) is 12.1 Å². The van der Waals surface area contributed by atoms with Gasteiger partial charge in [0, 0.05) is 47.3 Å². The highest BCUT2D eigenvalue weighted by Crippen LogP contribution is 2.59. The number of rotatable bonds is 5. The summed E-state index contributed by atoms with van der Waals surface area (Å²) in [6.45, 7) is 4.50. The molecule has 6 heteroatoms. The number of benzene rings is 1. The molecule has 6 nitrogen and oxygen atoms in total. The van der Waals surface area contributed by atoms with Crippen LogP contribution in [0.3, 0.4) is 0 Å². The molecular weight excluding hydrogens is 398 g/mol. The molecule has 1 aliphatic heterocycles. The topological polar surface area (TPSA) is 74.2 Å². The average molecular weight is 428 g/mol. The van der Waals surface area contributed by atoms with Gasteiger partial charge >= 0.3 is 0 Å². The average Bonchev–Trinajstić information content (AvgIpc) is 3.72. The predicted octanol–water partition coefficient (Wildman–Crippen LogP) is 4.16. The molecule has 2 aromatic heterocycles. The first kappa shape index (κ1) is 19.8. The first-order valence-corrected chi connectivity index (χ1v) is 11.5. The van der Waals surface area contributed by atoms with Crippen molar-refractivity contribution in [2.75, 3.05) is 18.5 Å². The molecule has 2 N–H and O–H groups in total. The lowest BCUT2D eigenvalue weighted by molar-refractivity contribution is 0.0785. The Morgan fingerprint density at radius 2 is 1.75 bits per heavy atom. The van der Waals surface area contributed by atoms with E-state index < -0.39 is 5.60 Å². The first-order valence-electron chi connectivity index (χ1n) is 11.5. The van der Waals surface area contributed by atoms with E-state index in [1.807, 2.05) is 24.5 Å². The van der Waals surface area contributed by atoms with E-state index >= 15 is 0 Å². The van der Waals surface area contributed by atoms with E-state index in [-0.39, 0.29) is 11.0 Å². The third-order valence-corrected chi connectivity index (χ3v) is 7.60. The second-order valence-corrected chi connectivity index (χ2v) is 10.2. The van der Waals surface area contributed by atoms with E-state index in [0.29, 0.717) is 0 Å². The maximum absolute atomic E-state index is 10.3. The van der Waals surface area contributed by atoms with Gasteiger partial charge in [-0.25, -0.2) is 9.97 Å². The summed E-state index contributed by atoms with van der Waals surface area (Å²) in [5, 5.41) is 13.8. The molecule has 164 valence electrons. The Bertz CT molecular complexity index is 1190. The Labute approximate surface area is 188 Å². The van der Waals surface area contributed by atoms with Crippen LogP contribution in [0.1, 0.15) is 56.2 Å². The fraction of sp³-hybridized carbons (Fsp3) is 0.423. The van der Waals surface area contributed by atoms with Crippen molar-refractivity contribution >= 4 is 11.6 Å². The van der Waals surface area contributed by atoms with Crippen LogP contribution < -0.4 is 10.2 Å².